The van der Waals surface area contributed by atoms with Crippen molar-refractivity contribution in [3.63, 3.8) is 0 Å². The van der Waals surface area contributed by atoms with Gasteiger partial charge in [-0.15, -0.1) is 0 Å². The molecule has 2 rings (SSSR count). The van der Waals surface area contributed by atoms with Crippen LogP contribution in [0.25, 0.3) is 0 Å². The van der Waals surface area contributed by atoms with Crippen LogP contribution in [0.4, 0.5) is 0 Å². The fraction of sp³-hybridized carbons (Fsp3) is 0.846. The topological polar surface area (TPSA) is 20.2 Å². The number of hydrogen-bond donors (Lipinski definition) is 1. The molecule has 0 radical (unpaired) electrons. The summed E-state index contributed by atoms with van der Waals surface area (Å²) in [7, 11) is 0. The summed E-state index contributed by atoms with van der Waals surface area (Å²) in [5.41, 5.74) is 3.62. The first-order valence-corrected chi connectivity index (χ1v) is 5.49. The van der Waals surface area contributed by atoms with Crippen molar-refractivity contribution in [2.45, 2.75) is 65.9 Å². The quantitative estimate of drug-likeness (QED) is 0.586. The second-order valence-electron chi connectivity index (χ2n) is 5.22. The molecule has 1 N–H and O–H groups in total. The molecule has 0 heterocycles. The Hall–Kier alpha value is -0.300. The van der Waals surface area contributed by atoms with Crippen molar-refractivity contribution < 1.29 is 5.11 Å². The third kappa shape index (κ3) is 2.03. The monoisotopic (exact) mass is 196 g/mol. The predicted octanol–water partition coefficient (Wildman–Crippen LogP) is 3.67. The van der Waals surface area contributed by atoms with E-state index in [4.69, 9.17) is 0 Å². The van der Waals surface area contributed by atoms with Gasteiger partial charge in [0.1, 0.15) is 0 Å². The van der Waals surface area contributed by atoms with E-state index in [0.717, 1.165) is 19.3 Å². The minimum absolute atomic E-state index is 0. The van der Waals surface area contributed by atoms with Gasteiger partial charge in [-0.1, -0.05) is 32.4 Å². The van der Waals surface area contributed by atoms with Crippen LogP contribution in [0.3, 0.4) is 0 Å². The van der Waals surface area contributed by atoms with Gasteiger partial charge in [0.2, 0.25) is 0 Å². The van der Waals surface area contributed by atoms with Crippen molar-refractivity contribution in [2.75, 3.05) is 0 Å². The van der Waals surface area contributed by atoms with Crippen LogP contribution in [0, 0.1) is 5.41 Å². The summed E-state index contributed by atoms with van der Waals surface area (Å²) in [5, 5.41) is 9.65. The summed E-state index contributed by atoms with van der Waals surface area (Å²) < 4.78 is 0. The van der Waals surface area contributed by atoms with Crippen LogP contribution in [0.15, 0.2) is 11.1 Å². The Morgan fingerprint density at radius 1 is 1.29 bits per heavy atom. The SMILES string of the molecule is C.CC1(C)CCCC2=C1CC(O)CC2. The predicted molar refractivity (Wildman–Crippen MR) is 61.2 cm³/mol. The summed E-state index contributed by atoms with van der Waals surface area (Å²) >= 11 is 0. The van der Waals surface area contributed by atoms with Gasteiger partial charge in [-0.2, -0.15) is 0 Å². The Bertz CT molecular complexity index is 238. The summed E-state index contributed by atoms with van der Waals surface area (Å²) in [6.07, 6.45) is 6.99. The summed E-state index contributed by atoms with van der Waals surface area (Å²) in [5.74, 6) is 0. The minimum Gasteiger partial charge on any atom is -0.393 e. The van der Waals surface area contributed by atoms with Gasteiger partial charge in [0, 0.05) is 0 Å². The fourth-order valence-corrected chi connectivity index (χ4v) is 2.90. The first kappa shape index (κ1) is 11.8. The number of aliphatic hydroxyl groups excluding tert-OH is 1. The first-order valence-electron chi connectivity index (χ1n) is 5.49. The molecule has 0 bridgehead atoms. The maximum Gasteiger partial charge on any atom is 0.0580 e. The van der Waals surface area contributed by atoms with Crippen LogP contribution in [0.2, 0.25) is 0 Å². The normalized spacial score (nSPS) is 30.6. The molecule has 0 aromatic rings. The highest BCUT2D eigenvalue weighted by Crippen LogP contribution is 2.46. The van der Waals surface area contributed by atoms with Gasteiger partial charge in [-0.25, -0.2) is 0 Å². The van der Waals surface area contributed by atoms with Crippen molar-refractivity contribution in [1.29, 1.82) is 0 Å². The molecule has 0 aliphatic heterocycles. The molecule has 2 aliphatic carbocycles. The van der Waals surface area contributed by atoms with Gasteiger partial charge >= 0.3 is 0 Å². The molecule has 0 amide bonds. The Morgan fingerprint density at radius 2 is 2.00 bits per heavy atom. The van der Waals surface area contributed by atoms with Gasteiger partial charge in [-0.3, -0.25) is 0 Å². The first-order chi connectivity index (χ1) is 6.09. The van der Waals surface area contributed by atoms with Crippen molar-refractivity contribution >= 4 is 0 Å². The second-order valence-corrected chi connectivity index (χ2v) is 5.22. The highest BCUT2D eigenvalue weighted by molar-refractivity contribution is 5.26. The van der Waals surface area contributed by atoms with Crippen LogP contribution < -0.4 is 0 Å². The molecule has 0 aromatic heterocycles. The molecule has 14 heavy (non-hydrogen) atoms. The lowest BCUT2D eigenvalue weighted by molar-refractivity contribution is 0.142. The van der Waals surface area contributed by atoms with Crippen molar-refractivity contribution in [3.05, 3.63) is 11.1 Å². The van der Waals surface area contributed by atoms with Crippen LogP contribution in [-0.2, 0) is 0 Å². The van der Waals surface area contributed by atoms with Crippen LogP contribution in [0.1, 0.15) is 59.8 Å². The van der Waals surface area contributed by atoms with E-state index in [2.05, 4.69) is 13.8 Å². The Kier molecular flexibility index (Phi) is 3.41. The highest BCUT2D eigenvalue weighted by Gasteiger charge is 2.33. The smallest absolute Gasteiger partial charge is 0.0580 e. The van der Waals surface area contributed by atoms with Gasteiger partial charge in [0.05, 0.1) is 6.10 Å². The molecule has 2 aliphatic rings. The van der Waals surface area contributed by atoms with E-state index < -0.39 is 0 Å². The van der Waals surface area contributed by atoms with E-state index in [1.54, 1.807) is 11.1 Å². The molecule has 1 heteroatoms. The molecule has 1 unspecified atom stereocenters. The molecule has 0 fully saturated rings. The van der Waals surface area contributed by atoms with Crippen LogP contribution in [0.5, 0.6) is 0 Å². The highest BCUT2D eigenvalue weighted by atomic mass is 16.3. The number of aliphatic hydroxyl groups is 1. The lowest BCUT2D eigenvalue weighted by Crippen LogP contribution is -2.27. The van der Waals surface area contributed by atoms with Crippen LogP contribution in [-0.4, -0.2) is 11.2 Å². The third-order valence-corrected chi connectivity index (χ3v) is 3.74. The Balaban J connectivity index is 0.000000980. The van der Waals surface area contributed by atoms with E-state index >= 15 is 0 Å². The molecular formula is C13H24O. The van der Waals surface area contributed by atoms with E-state index in [1.807, 2.05) is 0 Å². The summed E-state index contributed by atoms with van der Waals surface area (Å²) in [6.45, 7) is 4.67. The Labute approximate surface area is 88.2 Å². The van der Waals surface area contributed by atoms with Gasteiger partial charge in [-0.05, 0) is 43.9 Å². The number of allylic oxidation sites excluding steroid dienone is 1. The standard InChI is InChI=1S/C12H20O.CH4/c1-12(2)7-3-4-9-5-6-10(13)8-11(9)12;/h10,13H,3-8H2,1-2H3;1H4. The molecule has 0 spiro atoms. The largest absolute Gasteiger partial charge is 0.393 e. The van der Waals surface area contributed by atoms with E-state index in [-0.39, 0.29) is 13.5 Å². The molecule has 1 atom stereocenters. The average Bonchev–Trinajstić information content (AvgIpc) is 2.06. The fourth-order valence-electron chi connectivity index (χ4n) is 2.90. The maximum atomic E-state index is 9.65. The number of hydrogen-bond acceptors (Lipinski definition) is 1. The minimum atomic E-state index is -0.0591. The molecule has 0 saturated heterocycles. The van der Waals surface area contributed by atoms with E-state index in [1.165, 1.54) is 19.3 Å². The van der Waals surface area contributed by atoms with E-state index in [9.17, 15) is 5.11 Å². The van der Waals surface area contributed by atoms with Crippen molar-refractivity contribution in [3.8, 4) is 0 Å². The Morgan fingerprint density at radius 3 is 2.71 bits per heavy atom. The third-order valence-electron chi connectivity index (χ3n) is 3.74. The van der Waals surface area contributed by atoms with Gasteiger partial charge in [0.25, 0.3) is 0 Å². The molecular weight excluding hydrogens is 172 g/mol. The molecule has 82 valence electrons. The van der Waals surface area contributed by atoms with Gasteiger partial charge < -0.3 is 5.11 Å². The number of rotatable bonds is 0. The maximum absolute atomic E-state index is 9.65. The summed E-state index contributed by atoms with van der Waals surface area (Å²) in [4.78, 5) is 0. The molecule has 0 aromatic carbocycles. The zero-order valence-corrected chi connectivity index (χ0v) is 8.77. The zero-order chi connectivity index (χ0) is 9.47. The second kappa shape index (κ2) is 4.06. The summed E-state index contributed by atoms with van der Waals surface area (Å²) in [6, 6.07) is 0. The average molecular weight is 196 g/mol. The lowest BCUT2D eigenvalue weighted by Gasteiger charge is -2.39. The van der Waals surface area contributed by atoms with Crippen LogP contribution >= 0.6 is 0 Å². The van der Waals surface area contributed by atoms with Crippen molar-refractivity contribution in [2.24, 2.45) is 5.41 Å². The molecule has 0 saturated carbocycles. The lowest BCUT2D eigenvalue weighted by atomic mass is 9.67. The van der Waals surface area contributed by atoms with Gasteiger partial charge in [0.15, 0.2) is 0 Å². The van der Waals surface area contributed by atoms with E-state index in [0.29, 0.717) is 5.41 Å². The van der Waals surface area contributed by atoms with Crippen molar-refractivity contribution in [1.82, 2.24) is 0 Å². The zero-order valence-electron chi connectivity index (χ0n) is 8.77. The molecule has 1 nitrogen and oxygen atoms in total.